The predicted octanol–water partition coefficient (Wildman–Crippen LogP) is 5.18. The summed E-state index contributed by atoms with van der Waals surface area (Å²) in [4.78, 5) is 34.5. The number of carbonyl (C=O) groups is 2. The molecule has 2 aromatic carbocycles. The molecule has 0 aliphatic heterocycles. The smallest absolute Gasteiger partial charge is 0.342 e. The van der Waals surface area contributed by atoms with Crippen molar-refractivity contribution in [2.75, 3.05) is 0 Å². The number of hydrogen-bond donors (Lipinski definition) is 3. The summed E-state index contributed by atoms with van der Waals surface area (Å²) in [5.41, 5.74) is 3.75. The highest BCUT2D eigenvalue weighted by Crippen LogP contribution is 2.39. The van der Waals surface area contributed by atoms with Crippen molar-refractivity contribution >= 4 is 34.6 Å². The quantitative estimate of drug-likeness (QED) is 0.252. The third kappa shape index (κ3) is 5.12. The number of carboxylic acids is 1. The molecule has 0 aliphatic rings. The number of aromatic carboxylic acids is 1. The van der Waals surface area contributed by atoms with E-state index >= 15 is 0 Å². The Bertz CT molecular complexity index is 1300. The fourth-order valence-corrected chi connectivity index (χ4v) is 4.21. The van der Waals surface area contributed by atoms with E-state index in [1.165, 1.54) is 16.9 Å². The second kappa shape index (κ2) is 9.44. The number of rotatable bonds is 6. The Morgan fingerprint density at radius 2 is 1.74 bits per heavy atom. The number of carbonyl (C=O) groups excluding carboxylic acids is 1. The summed E-state index contributed by atoms with van der Waals surface area (Å²) in [7, 11) is 0. The highest BCUT2D eigenvalue weighted by atomic mass is 32.1. The molecular formula is C24H23N3O6S. The van der Waals surface area contributed by atoms with Gasteiger partial charge in [0.05, 0.1) is 21.1 Å². The number of thiophene rings is 1. The molecule has 9 nitrogen and oxygen atoms in total. The lowest BCUT2D eigenvalue weighted by molar-refractivity contribution is -0.385. The van der Waals surface area contributed by atoms with E-state index in [0.29, 0.717) is 16.2 Å². The number of hydrazone groups is 1. The summed E-state index contributed by atoms with van der Waals surface area (Å²) in [6, 6.07) is 11.0. The summed E-state index contributed by atoms with van der Waals surface area (Å²) in [6.45, 7) is 7.96. The van der Waals surface area contributed by atoms with Gasteiger partial charge in [-0.05, 0) is 35.6 Å². The molecule has 1 heterocycles. The van der Waals surface area contributed by atoms with Crippen LogP contribution in [0.4, 0.5) is 5.69 Å². The van der Waals surface area contributed by atoms with Crippen LogP contribution in [0.1, 0.15) is 59.5 Å². The van der Waals surface area contributed by atoms with Crippen LogP contribution in [0, 0.1) is 10.1 Å². The second-order valence-electron chi connectivity index (χ2n) is 8.59. The van der Waals surface area contributed by atoms with Crippen LogP contribution >= 0.6 is 11.3 Å². The number of nitro groups is 1. The lowest BCUT2D eigenvalue weighted by atomic mass is 9.86. The maximum absolute atomic E-state index is 12.4. The minimum absolute atomic E-state index is 0.0109. The second-order valence-corrected chi connectivity index (χ2v) is 9.47. The number of hydrogen-bond acceptors (Lipinski definition) is 7. The molecule has 3 rings (SSSR count). The molecule has 1 amide bonds. The number of nitro benzene ring substituents is 1. The number of carboxylic acid groups (broad SMARTS) is 1. The Morgan fingerprint density at radius 3 is 2.29 bits per heavy atom. The van der Waals surface area contributed by atoms with Gasteiger partial charge in [0.25, 0.3) is 11.6 Å². The van der Waals surface area contributed by atoms with E-state index in [2.05, 4.69) is 31.3 Å². The molecule has 34 heavy (non-hydrogen) atoms. The molecule has 1 aromatic heterocycles. The molecule has 3 aromatic rings. The minimum Gasteiger partial charge on any atom is -0.506 e. The van der Waals surface area contributed by atoms with Gasteiger partial charge in [0.1, 0.15) is 11.3 Å². The van der Waals surface area contributed by atoms with Crippen molar-refractivity contribution in [1.82, 2.24) is 5.43 Å². The summed E-state index contributed by atoms with van der Waals surface area (Å²) in [5, 5.41) is 36.6. The van der Waals surface area contributed by atoms with E-state index < -0.39 is 28.1 Å². The van der Waals surface area contributed by atoms with Crippen LogP contribution in [-0.4, -0.2) is 32.7 Å². The van der Waals surface area contributed by atoms with E-state index in [-0.39, 0.29) is 16.7 Å². The summed E-state index contributed by atoms with van der Waals surface area (Å²) in [5.74, 6) is -2.19. The normalized spacial score (nSPS) is 11.8. The molecule has 0 radical (unpaired) electrons. The van der Waals surface area contributed by atoms with Gasteiger partial charge in [-0.3, -0.25) is 14.9 Å². The van der Waals surface area contributed by atoms with E-state index in [1.54, 1.807) is 12.3 Å². The van der Waals surface area contributed by atoms with Crippen molar-refractivity contribution in [1.29, 1.82) is 0 Å². The molecule has 0 saturated carbocycles. The molecular weight excluding hydrogens is 458 g/mol. The standard InChI is InChI=1S/C24H23N3O6S/c1-13(25-26-22(29)15-7-10-17(23(30)31)19(11-15)27(32)33)18-12-34-21(20(18)28)14-5-8-16(9-6-14)24(2,3)4/h5-12,28H,1-4H3,(H,26,29)(H,30,31)/b25-13+. The Morgan fingerprint density at radius 1 is 1.09 bits per heavy atom. The molecule has 0 saturated heterocycles. The molecule has 0 bridgehead atoms. The monoisotopic (exact) mass is 481 g/mol. The first-order valence-corrected chi connectivity index (χ1v) is 11.1. The van der Waals surface area contributed by atoms with Crippen molar-refractivity contribution in [2.24, 2.45) is 5.10 Å². The highest BCUT2D eigenvalue weighted by Gasteiger charge is 2.22. The zero-order valence-electron chi connectivity index (χ0n) is 18.9. The number of nitrogens with zero attached hydrogens (tertiary/aromatic N) is 2. The fraction of sp³-hybridized carbons (Fsp3) is 0.208. The zero-order valence-corrected chi connectivity index (χ0v) is 19.8. The van der Waals surface area contributed by atoms with Gasteiger partial charge in [0.2, 0.25) is 0 Å². The van der Waals surface area contributed by atoms with Crippen molar-refractivity contribution in [3.63, 3.8) is 0 Å². The fourth-order valence-electron chi connectivity index (χ4n) is 3.20. The maximum Gasteiger partial charge on any atom is 0.342 e. The van der Waals surface area contributed by atoms with Crippen molar-refractivity contribution in [2.45, 2.75) is 33.1 Å². The van der Waals surface area contributed by atoms with Gasteiger partial charge in [-0.25, -0.2) is 10.2 Å². The van der Waals surface area contributed by atoms with Gasteiger partial charge >= 0.3 is 5.97 Å². The third-order valence-electron chi connectivity index (χ3n) is 5.18. The molecule has 0 fully saturated rings. The van der Waals surface area contributed by atoms with Crippen molar-refractivity contribution in [3.05, 3.63) is 80.2 Å². The van der Waals surface area contributed by atoms with Crippen LogP contribution in [0.15, 0.2) is 52.9 Å². The summed E-state index contributed by atoms with van der Waals surface area (Å²) in [6.07, 6.45) is 0. The van der Waals surface area contributed by atoms with Crippen LogP contribution in [0.2, 0.25) is 0 Å². The molecule has 0 atom stereocenters. The molecule has 10 heteroatoms. The first-order valence-electron chi connectivity index (χ1n) is 10.2. The lowest BCUT2D eigenvalue weighted by Gasteiger charge is -2.19. The van der Waals surface area contributed by atoms with Crippen LogP contribution in [0.25, 0.3) is 10.4 Å². The van der Waals surface area contributed by atoms with Crippen LogP contribution in [-0.2, 0) is 5.41 Å². The Hall–Kier alpha value is -4.05. The van der Waals surface area contributed by atoms with E-state index in [4.69, 9.17) is 5.11 Å². The van der Waals surface area contributed by atoms with E-state index in [0.717, 1.165) is 23.8 Å². The maximum atomic E-state index is 12.4. The summed E-state index contributed by atoms with van der Waals surface area (Å²) < 4.78 is 0. The van der Waals surface area contributed by atoms with Gasteiger partial charge in [-0.1, -0.05) is 45.0 Å². The van der Waals surface area contributed by atoms with Gasteiger partial charge in [-0.2, -0.15) is 5.10 Å². The number of nitrogens with one attached hydrogen (secondary N) is 1. The van der Waals surface area contributed by atoms with Crippen molar-refractivity contribution < 1.29 is 24.7 Å². The first-order chi connectivity index (χ1) is 15.9. The lowest BCUT2D eigenvalue weighted by Crippen LogP contribution is -2.19. The highest BCUT2D eigenvalue weighted by molar-refractivity contribution is 7.14. The third-order valence-corrected chi connectivity index (χ3v) is 6.20. The average molecular weight is 482 g/mol. The SMILES string of the molecule is C/C(=N\NC(=O)c1ccc(C(=O)O)c([N+](=O)[O-])c1)c1csc(-c2ccc(C(C)(C)C)cc2)c1O. The van der Waals surface area contributed by atoms with Gasteiger partial charge in [0, 0.05) is 17.0 Å². The molecule has 3 N–H and O–H groups in total. The zero-order chi connectivity index (χ0) is 25.2. The Labute approximate surface area is 199 Å². The van der Waals surface area contributed by atoms with Gasteiger partial charge in [-0.15, -0.1) is 11.3 Å². The molecule has 176 valence electrons. The molecule has 0 aliphatic carbocycles. The van der Waals surface area contributed by atoms with Crippen LogP contribution in [0.3, 0.4) is 0 Å². The number of amides is 1. The minimum atomic E-state index is -1.47. The predicted molar refractivity (Wildman–Crippen MR) is 130 cm³/mol. The summed E-state index contributed by atoms with van der Waals surface area (Å²) >= 11 is 1.34. The topological polar surface area (TPSA) is 142 Å². The molecule has 0 unspecified atom stereocenters. The van der Waals surface area contributed by atoms with Crippen LogP contribution in [0.5, 0.6) is 5.75 Å². The first kappa shape index (κ1) is 24.6. The average Bonchev–Trinajstić information content (AvgIpc) is 3.17. The van der Waals surface area contributed by atoms with Gasteiger partial charge < -0.3 is 10.2 Å². The van der Waals surface area contributed by atoms with Gasteiger partial charge in [0.15, 0.2) is 0 Å². The molecule has 0 spiro atoms. The van der Waals surface area contributed by atoms with Crippen LogP contribution < -0.4 is 5.43 Å². The number of aromatic hydroxyl groups is 1. The Balaban J connectivity index is 1.81. The largest absolute Gasteiger partial charge is 0.506 e. The van der Waals surface area contributed by atoms with Crippen molar-refractivity contribution in [3.8, 4) is 16.2 Å². The van der Waals surface area contributed by atoms with E-state index in [9.17, 15) is 24.8 Å². The number of benzene rings is 2. The van der Waals surface area contributed by atoms with E-state index in [1.807, 2.05) is 24.3 Å². The Kier molecular flexibility index (Phi) is 6.83.